The van der Waals surface area contributed by atoms with Gasteiger partial charge in [-0.05, 0) is 30.9 Å². The maximum absolute atomic E-state index is 11.6. The second-order valence-corrected chi connectivity index (χ2v) is 4.40. The van der Waals surface area contributed by atoms with Crippen molar-refractivity contribution in [3.8, 4) is 0 Å². The monoisotopic (exact) mass is 222 g/mol. The summed E-state index contributed by atoms with van der Waals surface area (Å²) >= 11 is 0. The van der Waals surface area contributed by atoms with Crippen molar-refractivity contribution in [2.75, 3.05) is 6.54 Å². The van der Waals surface area contributed by atoms with Crippen LogP contribution in [0.15, 0.2) is 22.8 Å². The minimum absolute atomic E-state index is 0.150. The molecule has 2 rings (SSSR count). The summed E-state index contributed by atoms with van der Waals surface area (Å²) in [6.07, 6.45) is 6.11. The van der Waals surface area contributed by atoms with Crippen molar-refractivity contribution in [1.29, 1.82) is 0 Å². The SMILES string of the molecule is NC1CCCCC1CNC(=O)c1ccco1. The average molecular weight is 222 g/mol. The summed E-state index contributed by atoms with van der Waals surface area (Å²) in [4.78, 5) is 11.6. The number of hydrogen-bond acceptors (Lipinski definition) is 3. The largest absolute Gasteiger partial charge is 0.459 e. The van der Waals surface area contributed by atoms with Crippen molar-refractivity contribution in [3.63, 3.8) is 0 Å². The fourth-order valence-electron chi connectivity index (χ4n) is 2.21. The lowest BCUT2D eigenvalue weighted by Gasteiger charge is -2.28. The standard InChI is InChI=1S/C12H18N2O2/c13-10-5-2-1-4-9(10)8-14-12(15)11-6-3-7-16-11/h3,6-7,9-10H,1-2,4-5,8,13H2,(H,14,15). The third-order valence-corrected chi connectivity index (χ3v) is 3.24. The number of rotatable bonds is 3. The fraction of sp³-hybridized carbons (Fsp3) is 0.583. The van der Waals surface area contributed by atoms with Gasteiger partial charge in [0, 0.05) is 12.6 Å². The highest BCUT2D eigenvalue weighted by Crippen LogP contribution is 2.22. The molecule has 1 aromatic rings. The van der Waals surface area contributed by atoms with Gasteiger partial charge in [-0.2, -0.15) is 0 Å². The molecule has 0 aliphatic heterocycles. The molecule has 1 amide bonds. The zero-order valence-electron chi connectivity index (χ0n) is 9.32. The third-order valence-electron chi connectivity index (χ3n) is 3.24. The Bertz CT molecular complexity index is 335. The Balaban J connectivity index is 1.80. The van der Waals surface area contributed by atoms with Crippen LogP contribution < -0.4 is 11.1 Å². The highest BCUT2D eigenvalue weighted by atomic mass is 16.3. The predicted molar refractivity (Wildman–Crippen MR) is 61.0 cm³/mol. The molecule has 16 heavy (non-hydrogen) atoms. The quantitative estimate of drug-likeness (QED) is 0.814. The summed E-state index contributed by atoms with van der Waals surface area (Å²) in [5.41, 5.74) is 6.01. The van der Waals surface area contributed by atoms with Crippen LogP contribution in [0, 0.1) is 5.92 Å². The van der Waals surface area contributed by atoms with Crippen LogP contribution >= 0.6 is 0 Å². The summed E-state index contributed by atoms with van der Waals surface area (Å²) in [6.45, 7) is 0.653. The summed E-state index contributed by atoms with van der Waals surface area (Å²) in [5, 5.41) is 2.87. The lowest BCUT2D eigenvalue weighted by Crippen LogP contribution is -2.41. The van der Waals surface area contributed by atoms with Crippen molar-refractivity contribution in [1.82, 2.24) is 5.32 Å². The maximum atomic E-state index is 11.6. The van der Waals surface area contributed by atoms with Gasteiger partial charge in [-0.15, -0.1) is 0 Å². The van der Waals surface area contributed by atoms with Crippen LogP contribution in [0.1, 0.15) is 36.2 Å². The van der Waals surface area contributed by atoms with Gasteiger partial charge < -0.3 is 15.5 Å². The number of nitrogens with one attached hydrogen (secondary N) is 1. The highest BCUT2D eigenvalue weighted by Gasteiger charge is 2.22. The van der Waals surface area contributed by atoms with Gasteiger partial charge in [0.15, 0.2) is 5.76 Å². The summed E-state index contributed by atoms with van der Waals surface area (Å²) in [6, 6.07) is 3.60. The second kappa shape index (κ2) is 5.16. The predicted octanol–water partition coefficient (Wildman–Crippen LogP) is 1.53. The lowest BCUT2D eigenvalue weighted by atomic mass is 9.85. The van der Waals surface area contributed by atoms with Gasteiger partial charge >= 0.3 is 0 Å². The molecule has 1 aromatic heterocycles. The topological polar surface area (TPSA) is 68.3 Å². The molecule has 4 heteroatoms. The van der Waals surface area contributed by atoms with Gasteiger partial charge in [-0.1, -0.05) is 12.8 Å². The molecule has 1 aliphatic rings. The molecule has 0 spiro atoms. The summed E-state index contributed by atoms with van der Waals surface area (Å²) in [7, 11) is 0. The molecule has 3 N–H and O–H groups in total. The van der Waals surface area contributed by atoms with E-state index in [4.69, 9.17) is 10.2 Å². The smallest absolute Gasteiger partial charge is 0.286 e. The van der Waals surface area contributed by atoms with E-state index in [2.05, 4.69) is 5.32 Å². The van der Waals surface area contributed by atoms with E-state index in [-0.39, 0.29) is 11.9 Å². The van der Waals surface area contributed by atoms with Gasteiger partial charge in [0.2, 0.25) is 0 Å². The van der Waals surface area contributed by atoms with Gasteiger partial charge in [-0.3, -0.25) is 4.79 Å². The molecule has 2 atom stereocenters. The van der Waals surface area contributed by atoms with Crippen molar-refractivity contribution in [2.24, 2.45) is 11.7 Å². The molecule has 0 radical (unpaired) electrons. The van der Waals surface area contributed by atoms with Gasteiger partial charge in [0.25, 0.3) is 5.91 Å². The first-order valence-electron chi connectivity index (χ1n) is 5.84. The second-order valence-electron chi connectivity index (χ2n) is 4.40. The molecular formula is C12H18N2O2. The van der Waals surface area contributed by atoms with E-state index in [1.165, 1.54) is 19.1 Å². The maximum Gasteiger partial charge on any atom is 0.286 e. The Morgan fingerprint density at radius 3 is 3.00 bits per heavy atom. The van der Waals surface area contributed by atoms with Crippen LogP contribution in [-0.4, -0.2) is 18.5 Å². The van der Waals surface area contributed by atoms with E-state index in [0.717, 1.165) is 12.8 Å². The van der Waals surface area contributed by atoms with Crippen molar-refractivity contribution in [3.05, 3.63) is 24.2 Å². The molecule has 0 aromatic carbocycles. The number of amides is 1. The highest BCUT2D eigenvalue weighted by molar-refractivity contribution is 5.91. The summed E-state index contributed by atoms with van der Waals surface area (Å²) in [5.74, 6) is 0.625. The molecule has 4 nitrogen and oxygen atoms in total. The van der Waals surface area contributed by atoms with Crippen LogP contribution in [-0.2, 0) is 0 Å². The number of furan rings is 1. The van der Waals surface area contributed by atoms with E-state index < -0.39 is 0 Å². The van der Waals surface area contributed by atoms with Crippen LogP contribution in [0.4, 0.5) is 0 Å². The molecule has 1 fully saturated rings. The fourth-order valence-corrected chi connectivity index (χ4v) is 2.21. The Kier molecular flexibility index (Phi) is 3.62. The first-order valence-corrected chi connectivity index (χ1v) is 5.84. The van der Waals surface area contributed by atoms with E-state index in [1.54, 1.807) is 12.1 Å². The van der Waals surface area contributed by atoms with Crippen molar-refractivity contribution in [2.45, 2.75) is 31.7 Å². The number of carbonyl (C=O) groups excluding carboxylic acids is 1. The molecule has 88 valence electrons. The Morgan fingerprint density at radius 1 is 1.50 bits per heavy atom. The normalized spacial score (nSPS) is 25.3. The Morgan fingerprint density at radius 2 is 2.31 bits per heavy atom. The first kappa shape index (κ1) is 11.2. The molecular weight excluding hydrogens is 204 g/mol. The van der Waals surface area contributed by atoms with Crippen LogP contribution in [0.5, 0.6) is 0 Å². The lowest BCUT2D eigenvalue weighted by molar-refractivity contribution is 0.0913. The summed E-state index contributed by atoms with van der Waals surface area (Å²) < 4.78 is 5.02. The van der Waals surface area contributed by atoms with E-state index in [9.17, 15) is 4.79 Å². The zero-order chi connectivity index (χ0) is 11.4. The number of hydrogen-bond donors (Lipinski definition) is 2. The molecule has 0 bridgehead atoms. The molecule has 1 aliphatic carbocycles. The van der Waals surface area contributed by atoms with Crippen LogP contribution in [0.2, 0.25) is 0 Å². The molecule has 2 unspecified atom stereocenters. The zero-order valence-corrected chi connectivity index (χ0v) is 9.32. The van der Waals surface area contributed by atoms with E-state index in [1.807, 2.05) is 0 Å². The Hall–Kier alpha value is -1.29. The third kappa shape index (κ3) is 2.64. The number of carbonyl (C=O) groups is 1. The van der Waals surface area contributed by atoms with Crippen LogP contribution in [0.3, 0.4) is 0 Å². The van der Waals surface area contributed by atoms with Crippen LogP contribution in [0.25, 0.3) is 0 Å². The minimum atomic E-state index is -0.150. The van der Waals surface area contributed by atoms with Crippen molar-refractivity contribution >= 4 is 5.91 Å². The van der Waals surface area contributed by atoms with Crippen molar-refractivity contribution < 1.29 is 9.21 Å². The van der Waals surface area contributed by atoms with E-state index >= 15 is 0 Å². The molecule has 1 saturated carbocycles. The number of nitrogens with two attached hydrogens (primary N) is 1. The van der Waals surface area contributed by atoms with Gasteiger partial charge in [0.1, 0.15) is 0 Å². The average Bonchev–Trinajstić information content (AvgIpc) is 2.81. The van der Waals surface area contributed by atoms with Gasteiger partial charge in [-0.25, -0.2) is 0 Å². The van der Waals surface area contributed by atoms with E-state index in [0.29, 0.717) is 18.2 Å². The van der Waals surface area contributed by atoms with Gasteiger partial charge in [0.05, 0.1) is 6.26 Å². The minimum Gasteiger partial charge on any atom is -0.459 e. The Labute approximate surface area is 95.2 Å². The molecule has 0 saturated heterocycles. The first-order chi connectivity index (χ1) is 7.77. The molecule has 1 heterocycles.